The topological polar surface area (TPSA) is 52.6 Å². The molecule has 0 saturated heterocycles. The third kappa shape index (κ3) is 7.31. The largest absolute Gasteiger partial charge is 0.357 e. The Labute approximate surface area is 167 Å². The van der Waals surface area contributed by atoms with Crippen LogP contribution < -0.4 is 10.6 Å². The molecular formula is C21H33N5S. The van der Waals surface area contributed by atoms with Gasteiger partial charge in [-0.25, -0.2) is 9.98 Å². The molecule has 0 spiro atoms. The number of thiazole rings is 1. The zero-order chi connectivity index (χ0) is 19.6. The molecule has 0 unspecified atom stereocenters. The van der Waals surface area contributed by atoms with E-state index in [0.717, 1.165) is 44.3 Å². The summed E-state index contributed by atoms with van der Waals surface area (Å²) in [6, 6.07) is 8.70. The van der Waals surface area contributed by atoms with Gasteiger partial charge in [-0.3, -0.25) is 0 Å². The molecule has 1 heterocycles. The second-order valence-electron chi connectivity index (χ2n) is 6.77. The second-order valence-corrected chi connectivity index (χ2v) is 8.06. The lowest BCUT2D eigenvalue weighted by Gasteiger charge is -2.14. The van der Waals surface area contributed by atoms with Crippen LogP contribution in [0.1, 0.15) is 40.6 Å². The highest BCUT2D eigenvalue weighted by molar-refractivity contribution is 7.11. The maximum atomic E-state index is 4.74. The Morgan fingerprint density at radius 1 is 1.19 bits per heavy atom. The van der Waals surface area contributed by atoms with Gasteiger partial charge >= 0.3 is 0 Å². The highest BCUT2D eigenvalue weighted by Crippen LogP contribution is 2.16. The van der Waals surface area contributed by atoms with Crippen LogP contribution in [0, 0.1) is 13.8 Å². The maximum Gasteiger partial charge on any atom is 0.191 e. The monoisotopic (exact) mass is 387 g/mol. The summed E-state index contributed by atoms with van der Waals surface area (Å²) < 4.78 is 0. The lowest BCUT2D eigenvalue weighted by molar-refractivity contribution is 0.345. The van der Waals surface area contributed by atoms with Crippen molar-refractivity contribution in [3.63, 3.8) is 0 Å². The molecule has 0 saturated carbocycles. The van der Waals surface area contributed by atoms with Crippen LogP contribution in [0.5, 0.6) is 0 Å². The third-order valence-electron chi connectivity index (χ3n) is 4.45. The molecule has 2 aromatic rings. The van der Waals surface area contributed by atoms with E-state index in [2.05, 4.69) is 79.5 Å². The molecule has 0 atom stereocenters. The summed E-state index contributed by atoms with van der Waals surface area (Å²) in [7, 11) is 2.14. The van der Waals surface area contributed by atoms with Crippen LogP contribution in [0.25, 0.3) is 0 Å². The van der Waals surface area contributed by atoms with Crippen molar-refractivity contribution in [2.24, 2.45) is 4.99 Å². The van der Waals surface area contributed by atoms with E-state index in [1.807, 2.05) is 0 Å². The summed E-state index contributed by atoms with van der Waals surface area (Å²) >= 11 is 1.78. The van der Waals surface area contributed by atoms with Crippen LogP contribution in [0.2, 0.25) is 0 Å². The van der Waals surface area contributed by atoms with Gasteiger partial charge in [-0.15, -0.1) is 11.3 Å². The van der Waals surface area contributed by atoms with E-state index in [-0.39, 0.29) is 0 Å². The first-order valence-electron chi connectivity index (χ1n) is 9.73. The molecule has 2 rings (SSSR count). The van der Waals surface area contributed by atoms with Gasteiger partial charge in [-0.2, -0.15) is 0 Å². The van der Waals surface area contributed by atoms with Gasteiger partial charge in [-0.1, -0.05) is 31.2 Å². The molecule has 2 N–H and O–H groups in total. The van der Waals surface area contributed by atoms with Crippen molar-refractivity contribution in [2.75, 3.05) is 26.7 Å². The lowest BCUT2D eigenvalue weighted by Crippen LogP contribution is -2.38. The van der Waals surface area contributed by atoms with Crippen molar-refractivity contribution in [1.82, 2.24) is 20.5 Å². The predicted molar refractivity (Wildman–Crippen MR) is 117 cm³/mol. The van der Waals surface area contributed by atoms with Gasteiger partial charge in [0.15, 0.2) is 5.96 Å². The van der Waals surface area contributed by atoms with Crippen LogP contribution >= 0.6 is 11.3 Å². The highest BCUT2D eigenvalue weighted by Gasteiger charge is 2.04. The predicted octanol–water partition coefficient (Wildman–Crippen LogP) is 3.51. The van der Waals surface area contributed by atoms with E-state index >= 15 is 0 Å². The summed E-state index contributed by atoms with van der Waals surface area (Å²) in [5.74, 6) is 0.860. The fourth-order valence-electron chi connectivity index (χ4n) is 2.70. The van der Waals surface area contributed by atoms with E-state index in [1.165, 1.54) is 21.0 Å². The van der Waals surface area contributed by atoms with Crippen molar-refractivity contribution in [1.29, 1.82) is 0 Å². The minimum Gasteiger partial charge on any atom is -0.357 e. The Kier molecular flexibility index (Phi) is 8.75. The molecule has 27 heavy (non-hydrogen) atoms. The number of aryl methyl sites for hydroxylation is 2. The lowest BCUT2D eigenvalue weighted by atomic mass is 10.1. The van der Waals surface area contributed by atoms with E-state index < -0.39 is 0 Å². The van der Waals surface area contributed by atoms with Crippen molar-refractivity contribution < 1.29 is 0 Å². The Balaban J connectivity index is 1.91. The molecule has 0 fully saturated rings. The number of guanidine groups is 1. The van der Waals surface area contributed by atoms with Gasteiger partial charge in [-0.05, 0) is 45.5 Å². The highest BCUT2D eigenvalue weighted by atomic mass is 32.1. The molecule has 0 bridgehead atoms. The summed E-state index contributed by atoms with van der Waals surface area (Å²) in [5, 5.41) is 7.93. The molecule has 148 valence electrons. The van der Waals surface area contributed by atoms with Gasteiger partial charge in [0.25, 0.3) is 0 Å². The van der Waals surface area contributed by atoms with Crippen LogP contribution in [0.4, 0.5) is 0 Å². The van der Waals surface area contributed by atoms with E-state index in [0.29, 0.717) is 6.54 Å². The SMILES string of the molecule is CCNC(=NCc1cccc(CN(C)CC)c1)NCCc1nc(C)c(C)s1. The fraction of sp³-hybridized carbons (Fsp3) is 0.524. The van der Waals surface area contributed by atoms with Gasteiger partial charge in [0.1, 0.15) is 0 Å². The van der Waals surface area contributed by atoms with Gasteiger partial charge in [0.2, 0.25) is 0 Å². The van der Waals surface area contributed by atoms with E-state index in [4.69, 9.17) is 4.99 Å². The summed E-state index contributed by atoms with van der Waals surface area (Å²) in [6.07, 6.45) is 0.919. The number of rotatable bonds is 9. The molecule has 5 nitrogen and oxygen atoms in total. The first-order valence-corrected chi connectivity index (χ1v) is 10.5. The minimum atomic E-state index is 0.675. The first kappa shape index (κ1) is 21.4. The van der Waals surface area contributed by atoms with Crippen molar-refractivity contribution in [3.05, 3.63) is 51.0 Å². The molecule has 0 amide bonds. The van der Waals surface area contributed by atoms with Crippen LogP contribution in [-0.4, -0.2) is 42.5 Å². The number of nitrogens with zero attached hydrogens (tertiary/aromatic N) is 3. The Bertz CT molecular complexity index is 718. The number of hydrogen-bond acceptors (Lipinski definition) is 4. The van der Waals surface area contributed by atoms with Crippen LogP contribution in [-0.2, 0) is 19.5 Å². The second kappa shape index (κ2) is 11.0. The summed E-state index contributed by atoms with van der Waals surface area (Å²) in [6.45, 7) is 12.8. The minimum absolute atomic E-state index is 0.675. The van der Waals surface area contributed by atoms with Crippen molar-refractivity contribution >= 4 is 17.3 Å². The Morgan fingerprint density at radius 2 is 1.96 bits per heavy atom. The van der Waals surface area contributed by atoms with Crippen LogP contribution in [0.3, 0.4) is 0 Å². The summed E-state index contributed by atoms with van der Waals surface area (Å²) in [5.41, 5.74) is 3.71. The Morgan fingerprint density at radius 3 is 2.63 bits per heavy atom. The zero-order valence-electron chi connectivity index (χ0n) is 17.3. The van der Waals surface area contributed by atoms with Crippen molar-refractivity contribution in [3.8, 4) is 0 Å². The standard InChI is InChI=1S/C21H33N5S/c1-6-22-21(23-12-11-20-25-16(3)17(4)27-20)24-14-18-9-8-10-19(13-18)15-26(5)7-2/h8-10,13H,6-7,11-12,14-15H2,1-5H3,(H2,22,23,24). The zero-order valence-corrected chi connectivity index (χ0v) is 18.1. The summed E-state index contributed by atoms with van der Waals surface area (Å²) in [4.78, 5) is 12.9. The molecular weight excluding hydrogens is 354 g/mol. The number of benzene rings is 1. The average Bonchev–Trinajstić information content (AvgIpc) is 2.97. The maximum absolute atomic E-state index is 4.74. The smallest absolute Gasteiger partial charge is 0.191 e. The molecule has 0 aliphatic heterocycles. The number of nitrogens with one attached hydrogen (secondary N) is 2. The third-order valence-corrected chi connectivity index (χ3v) is 5.58. The van der Waals surface area contributed by atoms with Gasteiger partial charge < -0.3 is 15.5 Å². The van der Waals surface area contributed by atoms with Crippen molar-refractivity contribution in [2.45, 2.75) is 47.2 Å². The fourth-order valence-corrected chi connectivity index (χ4v) is 3.63. The molecule has 0 aliphatic rings. The molecule has 0 aliphatic carbocycles. The van der Waals surface area contributed by atoms with Crippen LogP contribution in [0.15, 0.2) is 29.3 Å². The molecule has 1 aromatic heterocycles. The Hall–Kier alpha value is -1.92. The average molecular weight is 388 g/mol. The van der Waals surface area contributed by atoms with Gasteiger partial charge in [0.05, 0.1) is 17.2 Å². The van der Waals surface area contributed by atoms with E-state index in [9.17, 15) is 0 Å². The molecule has 0 radical (unpaired) electrons. The number of aliphatic imine (C=N–C) groups is 1. The normalized spacial score (nSPS) is 11.9. The molecule has 6 heteroatoms. The number of aromatic nitrogens is 1. The van der Waals surface area contributed by atoms with E-state index in [1.54, 1.807) is 11.3 Å². The first-order chi connectivity index (χ1) is 13.0. The number of hydrogen-bond donors (Lipinski definition) is 2. The van der Waals surface area contributed by atoms with Gasteiger partial charge in [0, 0.05) is 30.9 Å². The molecule has 1 aromatic carbocycles. The quantitative estimate of drug-likeness (QED) is 0.511.